The molecule has 0 atom stereocenters. The Morgan fingerprint density at radius 2 is 2.56 bits per heavy atom. The van der Waals surface area contributed by atoms with Gasteiger partial charge in [0.25, 0.3) is 0 Å². The molecule has 0 aromatic heterocycles. The highest BCUT2D eigenvalue weighted by Crippen LogP contribution is 2.06. The fraction of sp³-hybridized carbons (Fsp3) is 0.500. The van der Waals surface area contributed by atoms with E-state index in [2.05, 4.69) is 4.74 Å². The highest BCUT2D eigenvalue weighted by molar-refractivity contribution is 5.83. The molecule has 1 aliphatic rings. The normalized spacial score (nSPS) is 18.8. The van der Waals surface area contributed by atoms with E-state index < -0.39 is 0 Å². The number of carbonyl (C=O) groups is 1. The summed E-state index contributed by atoms with van der Waals surface area (Å²) in [6.45, 7) is 0.375. The maximum Gasteiger partial charge on any atom is 0.330 e. The molecule has 0 aromatic carbocycles. The first-order valence-electron chi connectivity index (χ1n) is 2.80. The summed E-state index contributed by atoms with van der Waals surface area (Å²) in [6.07, 6.45) is 2.01. The first-order chi connectivity index (χ1) is 4.33. The van der Waals surface area contributed by atoms with Gasteiger partial charge in [-0.2, -0.15) is 0 Å². The van der Waals surface area contributed by atoms with Crippen LogP contribution in [0.4, 0.5) is 0 Å². The van der Waals surface area contributed by atoms with E-state index in [4.69, 9.17) is 5.11 Å². The van der Waals surface area contributed by atoms with E-state index in [1.54, 1.807) is 0 Å². The minimum absolute atomic E-state index is 0.0326. The Kier molecular flexibility index (Phi) is 1.85. The molecule has 0 aromatic rings. The number of rotatable bonds is 1. The average Bonchev–Trinajstić information content (AvgIpc) is 1.88. The van der Waals surface area contributed by atoms with Crippen molar-refractivity contribution < 1.29 is 14.6 Å². The number of ether oxygens (including phenoxy) is 1. The van der Waals surface area contributed by atoms with Crippen LogP contribution in [0.15, 0.2) is 11.6 Å². The van der Waals surface area contributed by atoms with Crippen molar-refractivity contribution in [3.05, 3.63) is 11.6 Å². The highest BCUT2D eigenvalue weighted by atomic mass is 16.5. The van der Waals surface area contributed by atoms with Crippen LogP contribution in [0.1, 0.15) is 6.42 Å². The predicted octanol–water partition coefficient (Wildman–Crippen LogP) is -0.148. The number of esters is 1. The average molecular weight is 128 g/mol. The lowest BCUT2D eigenvalue weighted by atomic mass is 10.2. The molecular weight excluding hydrogens is 120 g/mol. The van der Waals surface area contributed by atoms with E-state index in [0.29, 0.717) is 13.0 Å². The number of aliphatic hydroxyl groups is 1. The van der Waals surface area contributed by atoms with Gasteiger partial charge in [-0.3, -0.25) is 0 Å². The van der Waals surface area contributed by atoms with Crippen LogP contribution in [0.5, 0.6) is 0 Å². The smallest absolute Gasteiger partial charge is 0.330 e. The number of aliphatic hydroxyl groups excluding tert-OH is 1. The zero-order valence-corrected chi connectivity index (χ0v) is 4.96. The van der Waals surface area contributed by atoms with Gasteiger partial charge < -0.3 is 9.84 Å². The summed E-state index contributed by atoms with van der Waals surface area (Å²) in [5.74, 6) is -0.342. The van der Waals surface area contributed by atoms with Crippen molar-refractivity contribution in [1.82, 2.24) is 0 Å². The molecule has 0 radical (unpaired) electrons. The van der Waals surface area contributed by atoms with Crippen LogP contribution in [0.2, 0.25) is 0 Å². The second kappa shape index (κ2) is 2.64. The standard InChI is InChI=1S/C6H8O3/c7-4-5-1-2-9-6(8)3-5/h3,7H,1-2,4H2. The summed E-state index contributed by atoms with van der Waals surface area (Å²) in [6, 6.07) is 0. The van der Waals surface area contributed by atoms with Gasteiger partial charge in [0.1, 0.15) is 0 Å². The van der Waals surface area contributed by atoms with Gasteiger partial charge in [0, 0.05) is 12.5 Å². The third kappa shape index (κ3) is 1.54. The largest absolute Gasteiger partial charge is 0.462 e. The van der Waals surface area contributed by atoms with Crippen molar-refractivity contribution in [3.8, 4) is 0 Å². The minimum atomic E-state index is -0.342. The van der Waals surface area contributed by atoms with Crippen LogP contribution in [0.3, 0.4) is 0 Å². The molecule has 50 valence electrons. The molecule has 0 bridgehead atoms. The van der Waals surface area contributed by atoms with Crippen molar-refractivity contribution in [3.63, 3.8) is 0 Å². The van der Waals surface area contributed by atoms with Crippen LogP contribution < -0.4 is 0 Å². The summed E-state index contributed by atoms with van der Waals surface area (Å²) in [5.41, 5.74) is 0.756. The van der Waals surface area contributed by atoms with E-state index in [1.807, 2.05) is 0 Å². The molecule has 0 saturated heterocycles. The molecule has 0 unspecified atom stereocenters. The quantitative estimate of drug-likeness (QED) is 0.499. The highest BCUT2D eigenvalue weighted by Gasteiger charge is 2.08. The first-order valence-corrected chi connectivity index (χ1v) is 2.80. The summed E-state index contributed by atoms with van der Waals surface area (Å²) in [5, 5.41) is 8.53. The van der Waals surface area contributed by atoms with Gasteiger partial charge in [-0.1, -0.05) is 0 Å². The van der Waals surface area contributed by atoms with Crippen molar-refractivity contribution in [2.24, 2.45) is 0 Å². The maximum absolute atomic E-state index is 10.4. The Bertz CT molecular complexity index is 148. The van der Waals surface area contributed by atoms with Gasteiger partial charge >= 0.3 is 5.97 Å². The second-order valence-electron chi connectivity index (χ2n) is 1.88. The lowest BCUT2D eigenvalue weighted by molar-refractivity contribution is -0.138. The Morgan fingerprint density at radius 1 is 1.78 bits per heavy atom. The summed E-state index contributed by atoms with van der Waals surface area (Å²) < 4.78 is 4.58. The Hall–Kier alpha value is -0.830. The molecule has 0 spiro atoms. The lowest BCUT2D eigenvalue weighted by Gasteiger charge is -2.09. The molecular formula is C6H8O3. The molecule has 1 rings (SSSR count). The molecule has 0 amide bonds. The topological polar surface area (TPSA) is 46.5 Å². The summed E-state index contributed by atoms with van der Waals surface area (Å²) >= 11 is 0. The SMILES string of the molecule is O=C1C=C(CO)CCO1. The number of hydrogen-bond donors (Lipinski definition) is 1. The molecule has 9 heavy (non-hydrogen) atoms. The van der Waals surface area contributed by atoms with Gasteiger partial charge in [-0.15, -0.1) is 0 Å². The van der Waals surface area contributed by atoms with Crippen molar-refractivity contribution >= 4 is 5.97 Å². The minimum Gasteiger partial charge on any atom is -0.462 e. The third-order valence-electron chi connectivity index (χ3n) is 1.19. The molecule has 1 aliphatic heterocycles. The Morgan fingerprint density at radius 3 is 3.00 bits per heavy atom. The fourth-order valence-corrected chi connectivity index (χ4v) is 0.688. The molecule has 1 N–H and O–H groups in total. The molecule has 1 heterocycles. The van der Waals surface area contributed by atoms with Crippen molar-refractivity contribution in [2.45, 2.75) is 6.42 Å². The molecule has 0 saturated carbocycles. The van der Waals surface area contributed by atoms with Gasteiger partial charge in [0.15, 0.2) is 0 Å². The van der Waals surface area contributed by atoms with Crippen LogP contribution >= 0.6 is 0 Å². The number of cyclic esters (lactones) is 1. The monoisotopic (exact) mass is 128 g/mol. The van der Waals surface area contributed by atoms with Gasteiger partial charge in [-0.25, -0.2) is 4.79 Å². The molecule has 0 aliphatic carbocycles. The van der Waals surface area contributed by atoms with Gasteiger partial charge in [0.05, 0.1) is 13.2 Å². The zero-order chi connectivity index (χ0) is 6.69. The van der Waals surface area contributed by atoms with Crippen molar-refractivity contribution in [1.29, 1.82) is 0 Å². The second-order valence-corrected chi connectivity index (χ2v) is 1.88. The van der Waals surface area contributed by atoms with E-state index in [-0.39, 0.29) is 12.6 Å². The third-order valence-corrected chi connectivity index (χ3v) is 1.19. The van der Waals surface area contributed by atoms with E-state index in [9.17, 15) is 4.79 Å². The van der Waals surface area contributed by atoms with E-state index >= 15 is 0 Å². The first kappa shape index (κ1) is 6.29. The number of carbonyl (C=O) groups excluding carboxylic acids is 1. The maximum atomic E-state index is 10.4. The fourth-order valence-electron chi connectivity index (χ4n) is 0.688. The molecule has 0 fully saturated rings. The Balaban J connectivity index is 2.59. The van der Waals surface area contributed by atoms with E-state index in [0.717, 1.165) is 5.57 Å². The predicted molar refractivity (Wildman–Crippen MR) is 30.7 cm³/mol. The molecule has 3 nitrogen and oxygen atoms in total. The van der Waals surface area contributed by atoms with Crippen LogP contribution in [0.25, 0.3) is 0 Å². The number of hydrogen-bond acceptors (Lipinski definition) is 3. The van der Waals surface area contributed by atoms with Crippen molar-refractivity contribution in [2.75, 3.05) is 13.2 Å². The Labute approximate surface area is 52.9 Å². The lowest BCUT2D eigenvalue weighted by Crippen LogP contribution is -2.12. The van der Waals surface area contributed by atoms with Gasteiger partial charge in [0.2, 0.25) is 0 Å². The molecule has 3 heteroatoms. The van der Waals surface area contributed by atoms with Crippen LogP contribution in [-0.4, -0.2) is 24.3 Å². The van der Waals surface area contributed by atoms with Crippen LogP contribution in [-0.2, 0) is 9.53 Å². The van der Waals surface area contributed by atoms with Gasteiger partial charge in [-0.05, 0) is 5.57 Å². The zero-order valence-electron chi connectivity index (χ0n) is 4.96. The van der Waals surface area contributed by atoms with Crippen LogP contribution in [0, 0.1) is 0 Å². The summed E-state index contributed by atoms with van der Waals surface area (Å²) in [4.78, 5) is 10.4. The summed E-state index contributed by atoms with van der Waals surface area (Å²) in [7, 11) is 0. The van der Waals surface area contributed by atoms with E-state index in [1.165, 1.54) is 6.08 Å².